The van der Waals surface area contributed by atoms with Crippen LogP contribution < -0.4 is 30.0 Å². The van der Waals surface area contributed by atoms with E-state index in [0.717, 1.165) is 33.8 Å². The first-order valence-corrected chi connectivity index (χ1v) is 15.7. The van der Waals surface area contributed by atoms with Crippen molar-refractivity contribution >= 4 is 11.8 Å². The highest BCUT2D eigenvalue weighted by atomic mass is 16.5. The van der Waals surface area contributed by atoms with Crippen LogP contribution in [0.5, 0.6) is 28.7 Å². The molecular weight excluding hydrogens is 582 g/mol. The third-order valence-corrected chi connectivity index (χ3v) is 8.28. The molecule has 3 N–H and O–H groups in total. The number of amides is 2. The number of hydrogen-bond acceptors (Lipinski definition) is 7. The van der Waals surface area contributed by atoms with E-state index >= 15 is 0 Å². The second kappa shape index (κ2) is 14.4. The van der Waals surface area contributed by atoms with Crippen LogP contribution in [0.25, 0.3) is 0 Å². The summed E-state index contributed by atoms with van der Waals surface area (Å²) in [6, 6.07) is 26.6. The minimum absolute atomic E-state index is 0.0139. The van der Waals surface area contributed by atoms with Gasteiger partial charge in [-0.2, -0.15) is 0 Å². The summed E-state index contributed by atoms with van der Waals surface area (Å²) in [5.74, 6) is 3.03. The molecule has 1 unspecified atom stereocenters. The number of carbonyl (C=O) groups excluding carboxylic acids is 2. The average molecular weight is 622 g/mol. The zero-order chi connectivity index (χ0) is 31.9. The summed E-state index contributed by atoms with van der Waals surface area (Å²) in [7, 11) is 1.58. The molecule has 4 aromatic rings. The number of ether oxygens (including phenoxy) is 4. The summed E-state index contributed by atoms with van der Waals surface area (Å²) >= 11 is 0. The smallest absolute Gasteiger partial charge is 0.258 e. The van der Waals surface area contributed by atoms with Gasteiger partial charge in [0.25, 0.3) is 5.91 Å². The van der Waals surface area contributed by atoms with Crippen LogP contribution in [0.4, 0.5) is 0 Å². The fourth-order valence-electron chi connectivity index (χ4n) is 5.97. The fourth-order valence-corrected chi connectivity index (χ4v) is 5.97. The van der Waals surface area contributed by atoms with Gasteiger partial charge in [0.15, 0.2) is 0 Å². The van der Waals surface area contributed by atoms with Gasteiger partial charge in [0.2, 0.25) is 5.91 Å². The third kappa shape index (κ3) is 7.10. The van der Waals surface area contributed by atoms with Crippen molar-refractivity contribution in [2.24, 2.45) is 5.73 Å². The molecule has 0 saturated heterocycles. The molecule has 0 aliphatic carbocycles. The summed E-state index contributed by atoms with van der Waals surface area (Å²) < 4.78 is 23.7. The Morgan fingerprint density at radius 3 is 2.63 bits per heavy atom. The monoisotopic (exact) mass is 621 g/mol. The van der Waals surface area contributed by atoms with Gasteiger partial charge in [-0.05, 0) is 90.0 Å². The molecule has 2 amide bonds. The molecule has 5 aliphatic heterocycles. The van der Waals surface area contributed by atoms with E-state index in [1.54, 1.807) is 25.3 Å². The van der Waals surface area contributed by atoms with Crippen LogP contribution in [0.2, 0.25) is 0 Å². The van der Waals surface area contributed by atoms with Gasteiger partial charge in [-0.1, -0.05) is 30.3 Å². The highest BCUT2D eigenvalue weighted by Gasteiger charge is 2.34. The van der Waals surface area contributed by atoms with Gasteiger partial charge in [-0.3, -0.25) is 9.59 Å². The molecule has 8 bridgehead atoms. The van der Waals surface area contributed by atoms with Crippen LogP contribution in [-0.4, -0.2) is 56.7 Å². The Hall–Kier alpha value is -5.02. The van der Waals surface area contributed by atoms with E-state index in [1.165, 1.54) is 0 Å². The Kier molecular flexibility index (Phi) is 9.69. The molecule has 0 spiro atoms. The van der Waals surface area contributed by atoms with Gasteiger partial charge in [-0.15, -0.1) is 0 Å². The maximum Gasteiger partial charge on any atom is 0.258 e. The van der Waals surface area contributed by atoms with Crippen LogP contribution in [0.3, 0.4) is 0 Å². The van der Waals surface area contributed by atoms with E-state index in [9.17, 15) is 9.59 Å². The van der Waals surface area contributed by atoms with Crippen molar-refractivity contribution < 1.29 is 28.5 Å². The SMILES string of the molecule is COc1ccc(C(=O)N2CCc3cc4ccc3C2c2cccc(c2)OCCCNC(=O)CCc2ccc(cc2)O4)c(OCCN)c1. The number of methoxy groups -OCH3 is 1. The molecule has 0 radical (unpaired) electrons. The number of hydrogen-bond donors (Lipinski definition) is 2. The Morgan fingerprint density at radius 2 is 1.80 bits per heavy atom. The van der Waals surface area contributed by atoms with E-state index in [-0.39, 0.29) is 24.5 Å². The van der Waals surface area contributed by atoms with Gasteiger partial charge in [0, 0.05) is 32.1 Å². The fraction of sp³-hybridized carbons (Fsp3) is 0.297. The number of nitrogens with one attached hydrogen (secondary N) is 1. The quantitative estimate of drug-likeness (QED) is 0.305. The third-order valence-electron chi connectivity index (χ3n) is 8.28. The predicted molar refractivity (Wildman–Crippen MR) is 175 cm³/mol. The molecule has 0 fully saturated rings. The Balaban J connectivity index is 1.38. The van der Waals surface area contributed by atoms with Gasteiger partial charge < -0.3 is 34.9 Å². The predicted octanol–water partition coefficient (Wildman–Crippen LogP) is 5.44. The molecule has 238 valence electrons. The van der Waals surface area contributed by atoms with Crippen molar-refractivity contribution in [3.63, 3.8) is 0 Å². The van der Waals surface area contributed by atoms with Crippen LogP contribution >= 0.6 is 0 Å². The van der Waals surface area contributed by atoms with Crippen molar-refractivity contribution in [3.05, 3.63) is 113 Å². The summed E-state index contributed by atoms with van der Waals surface area (Å²) in [6.07, 6.45) is 2.40. The topological polar surface area (TPSA) is 112 Å². The van der Waals surface area contributed by atoms with E-state index in [4.69, 9.17) is 24.7 Å². The van der Waals surface area contributed by atoms with E-state index in [1.807, 2.05) is 59.5 Å². The van der Waals surface area contributed by atoms with Gasteiger partial charge in [-0.25, -0.2) is 0 Å². The highest BCUT2D eigenvalue weighted by molar-refractivity contribution is 5.98. The lowest BCUT2D eigenvalue weighted by molar-refractivity contribution is -0.121. The molecular formula is C37H39N3O6. The number of nitrogens with zero attached hydrogens (tertiary/aromatic N) is 1. The van der Waals surface area contributed by atoms with Crippen molar-refractivity contribution in [1.29, 1.82) is 0 Å². The second-order valence-electron chi connectivity index (χ2n) is 11.4. The van der Waals surface area contributed by atoms with Crippen LogP contribution in [0.15, 0.2) is 84.9 Å². The minimum Gasteiger partial charge on any atom is -0.497 e. The van der Waals surface area contributed by atoms with Crippen molar-refractivity contribution in [2.45, 2.75) is 31.7 Å². The van der Waals surface area contributed by atoms with Crippen LogP contribution in [-0.2, 0) is 17.6 Å². The molecule has 4 aromatic carbocycles. The normalized spacial score (nSPS) is 16.4. The second-order valence-corrected chi connectivity index (χ2v) is 11.4. The maximum absolute atomic E-state index is 14.4. The standard InChI is InChI=1S/C37H39N3O6/c1-43-29-11-14-33(34(24-29)45-21-17-38)37(42)40-19-16-26-22-31-12-13-32(26)36(40)27-4-2-5-30(23-27)44-20-3-18-39-35(41)15-8-25-6-9-28(46-31)10-7-25/h2,4-7,9-14,22-24,36H,3,8,15-21,38H2,1H3,(H,39,41). The number of benzene rings is 4. The summed E-state index contributed by atoms with van der Waals surface area (Å²) in [5, 5.41) is 2.98. The van der Waals surface area contributed by atoms with Crippen molar-refractivity contribution in [3.8, 4) is 28.7 Å². The lowest BCUT2D eigenvalue weighted by atomic mass is 9.87. The zero-order valence-electron chi connectivity index (χ0n) is 26.0. The summed E-state index contributed by atoms with van der Waals surface area (Å²) in [5.41, 5.74) is 10.3. The van der Waals surface area contributed by atoms with Crippen LogP contribution in [0.1, 0.15) is 51.5 Å². The molecule has 5 heterocycles. The summed E-state index contributed by atoms with van der Waals surface area (Å²) in [4.78, 5) is 28.7. The number of nitrogens with two attached hydrogens (primary N) is 1. The first-order chi connectivity index (χ1) is 22.5. The lowest BCUT2D eigenvalue weighted by Crippen LogP contribution is -2.40. The largest absolute Gasteiger partial charge is 0.497 e. The van der Waals surface area contributed by atoms with E-state index in [2.05, 4.69) is 17.4 Å². The van der Waals surface area contributed by atoms with E-state index < -0.39 is 0 Å². The Morgan fingerprint density at radius 1 is 0.957 bits per heavy atom. The number of carbonyl (C=O) groups is 2. The zero-order valence-corrected chi connectivity index (χ0v) is 26.0. The molecule has 9 rings (SSSR count). The summed E-state index contributed by atoms with van der Waals surface area (Å²) in [6.45, 7) is 2.06. The number of rotatable bonds is 5. The van der Waals surface area contributed by atoms with Crippen LogP contribution in [0, 0.1) is 0 Å². The van der Waals surface area contributed by atoms with Gasteiger partial charge in [0.1, 0.15) is 35.4 Å². The molecule has 0 saturated carbocycles. The molecule has 9 heteroatoms. The maximum atomic E-state index is 14.4. The van der Waals surface area contributed by atoms with Crippen molar-refractivity contribution in [1.82, 2.24) is 10.2 Å². The van der Waals surface area contributed by atoms with Crippen molar-refractivity contribution in [2.75, 3.05) is 40.0 Å². The molecule has 0 aromatic heterocycles. The van der Waals surface area contributed by atoms with E-state index in [0.29, 0.717) is 74.7 Å². The molecule has 46 heavy (non-hydrogen) atoms. The Bertz CT molecular complexity index is 1690. The molecule has 5 aliphatic rings. The minimum atomic E-state index is -0.383. The van der Waals surface area contributed by atoms with Gasteiger partial charge >= 0.3 is 0 Å². The first-order valence-electron chi connectivity index (χ1n) is 15.7. The number of aryl methyl sites for hydroxylation is 1. The van der Waals surface area contributed by atoms with Gasteiger partial charge in [0.05, 0.1) is 25.3 Å². The lowest BCUT2D eigenvalue weighted by Gasteiger charge is -2.38. The molecule has 9 nitrogen and oxygen atoms in total. The Labute approximate surface area is 269 Å². The molecule has 1 atom stereocenters. The first kappa shape index (κ1) is 31.0. The highest BCUT2D eigenvalue weighted by Crippen LogP contribution is 2.40. The average Bonchev–Trinajstić information content (AvgIpc) is 3.09.